The first-order valence-electron chi connectivity index (χ1n) is 9.11. The second kappa shape index (κ2) is 7.70. The van der Waals surface area contributed by atoms with Crippen molar-refractivity contribution >= 4 is 17.7 Å². The number of nitrogens with one attached hydrogen (secondary N) is 2. The number of hydrogen-bond donors (Lipinski definition) is 2. The zero-order chi connectivity index (χ0) is 18.0. The summed E-state index contributed by atoms with van der Waals surface area (Å²) in [7, 11) is 0. The van der Waals surface area contributed by atoms with Crippen LogP contribution in [0.15, 0.2) is 0 Å². The summed E-state index contributed by atoms with van der Waals surface area (Å²) in [5.74, 6) is -0.128. The van der Waals surface area contributed by atoms with Crippen molar-refractivity contribution in [3.63, 3.8) is 0 Å². The molecule has 0 bridgehead atoms. The quantitative estimate of drug-likeness (QED) is 0.684. The van der Waals surface area contributed by atoms with Gasteiger partial charge in [0.05, 0.1) is 0 Å². The molecule has 8 heteroatoms. The maximum atomic E-state index is 13.1. The predicted molar refractivity (Wildman–Crippen MR) is 90.7 cm³/mol. The Balaban J connectivity index is 1.74. The number of ether oxygens (including phenoxy) is 1. The number of hydrogen-bond acceptors (Lipinski definition) is 5. The molecular formula is C17H28N4O4. The Morgan fingerprint density at radius 2 is 1.84 bits per heavy atom. The fourth-order valence-electron chi connectivity index (χ4n) is 4.32. The van der Waals surface area contributed by atoms with Crippen LogP contribution in [0.4, 0.5) is 0 Å². The van der Waals surface area contributed by atoms with Crippen molar-refractivity contribution in [1.29, 1.82) is 0 Å². The summed E-state index contributed by atoms with van der Waals surface area (Å²) in [6.07, 6.45) is 2.61. The maximum Gasteiger partial charge on any atom is 0.242 e. The molecule has 0 aliphatic carbocycles. The van der Waals surface area contributed by atoms with Crippen LogP contribution in [-0.4, -0.2) is 84.5 Å². The number of carbonyl (C=O) groups excluding carboxylic acids is 3. The van der Waals surface area contributed by atoms with E-state index in [-0.39, 0.29) is 35.8 Å². The predicted octanol–water partition coefficient (Wildman–Crippen LogP) is -0.909. The molecule has 2 N–H and O–H groups in total. The van der Waals surface area contributed by atoms with Crippen LogP contribution in [-0.2, 0) is 19.1 Å². The van der Waals surface area contributed by atoms with Gasteiger partial charge in [-0.15, -0.1) is 0 Å². The summed E-state index contributed by atoms with van der Waals surface area (Å²) in [6, 6.07) is 0.112. The Kier molecular flexibility index (Phi) is 5.58. The summed E-state index contributed by atoms with van der Waals surface area (Å²) in [4.78, 5) is 40.0. The fourth-order valence-corrected chi connectivity index (χ4v) is 4.32. The number of carbonyl (C=O) groups is 3. The van der Waals surface area contributed by atoms with Gasteiger partial charge in [0, 0.05) is 64.8 Å². The Morgan fingerprint density at radius 1 is 1.12 bits per heavy atom. The molecule has 140 valence electrons. The topological polar surface area (TPSA) is 91.0 Å². The summed E-state index contributed by atoms with van der Waals surface area (Å²) < 4.78 is 5.46. The van der Waals surface area contributed by atoms with Crippen molar-refractivity contribution in [1.82, 2.24) is 20.4 Å². The van der Waals surface area contributed by atoms with E-state index in [1.807, 2.05) is 4.90 Å². The van der Waals surface area contributed by atoms with Gasteiger partial charge in [0.15, 0.2) is 0 Å². The smallest absolute Gasteiger partial charge is 0.242 e. The Labute approximate surface area is 148 Å². The first kappa shape index (κ1) is 18.1. The fraction of sp³-hybridized carbons (Fsp3) is 0.824. The van der Waals surface area contributed by atoms with E-state index in [0.717, 1.165) is 25.8 Å². The minimum atomic E-state index is -0.334. The third-order valence-corrected chi connectivity index (χ3v) is 5.42. The number of amides is 3. The number of fused-ring (bicyclic) bond motifs is 1. The van der Waals surface area contributed by atoms with Crippen LogP contribution in [0, 0.1) is 0 Å². The van der Waals surface area contributed by atoms with Crippen molar-refractivity contribution in [2.75, 3.05) is 32.8 Å². The highest BCUT2D eigenvalue weighted by Gasteiger charge is 2.47. The van der Waals surface area contributed by atoms with E-state index in [9.17, 15) is 14.4 Å². The van der Waals surface area contributed by atoms with Gasteiger partial charge in [-0.25, -0.2) is 0 Å². The van der Waals surface area contributed by atoms with Gasteiger partial charge in [0.25, 0.3) is 0 Å². The van der Waals surface area contributed by atoms with Gasteiger partial charge in [-0.3, -0.25) is 19.3 Å². The van der Waals surface area contributed by atoms with E-state index < -0.39 is 0 Å². The lowest BCUT2D eigenvalue weighted by Gasteiger charge is -2.47. The van der Waals surface area contributed by atoms with Crippen molar-refractivity contribution in [2.45, 2.75) is 57.3 Å². The average molecular weight is 352 g/mol. The standard InChI is InChI=1S/C17H28N4O4/c1-11(22)18-8-16-17(24)21-9-13(19-12(2)23)7-15(21)10-20(16)14-3-5-25-6-4-14/h13-16H,3-10H2,1-2H3,(H,18,22)(H,19,23)/t13-,15-,16-/m0/s1. The van der Waals surface area contributed by atoms with E-state index in [4.69, 9.17) is 4.74 Å². The zero-order valence-corrected chi connectivity index (χ0v) is 15.0. The molecule has 0 aromatic rings. The van der Waals surface area contributed by atoms with Gasteiger partial charge in [-0.2, -0.15) is 0 Å². The maximum absolute atomic E-state index is 13.1. The van der Waals surface area contributed by atoms with Crippen molar-refractivity contribution in [2.24, 2.45) is 0 Å². The lowest BCUT2D eigenvalue weighted by atomic mass is 9.98. The molecule has 3 aliphatic heterocycles. The molecule has 3 amide bonds. The van der Waals surface area contributed by atoms with Crippen molar-refractivity contribution in [3.8, 4) is 0 Å². The van der Waals surface area contributed by atoms with Crippen LogP contribution < -0.4 is 10.6 Å². The molecule has 8 nitrogen and oxygen atoms in total. The van der Waals surface area contributed by atoms with Gasteiger partial charge in [0.1, 0.15) is 6.04 Å². The van der Waals surface area contributed by atoms with Gasteiger partial charge < -0.3 is 20.3 Å². The largest absolute Gasteiger partial charge is 0.381 e. The van der Waals surface area contributed by atoms with Crippen LogP contribution in [0.2, 0.25) is 0 Å². The summed E-state index contributed by atoms with van der Waals surface area (Å²) in [6.45, 7) is 6.08. The van der Waals surface area contributed by atoms with E-state index in [2.05, 4.69) is 15.5 Å². The summed E-state index contributed by atoms with van der Waals surface area (Å²) in [5, 5.41) is 5.75. The van der Waals surface area contributed by atoms with Gasteiger partial charge in [-0.05, 0) is 19.3 Å². The molecule has 0 spiro atoms. The number of rotatable bonds is 4. The molecule has 0 unspecified atom stereocenters. The second-order valence-corrected chi connectivity index (χ2v) is 7.27. The summed E-state index contributed by atoms with van der Waals surface area (Å²) >= 11 is 0. The van der Waals surface area contributed by atoms with Crippen LogP contribution in [0.5, 0.6) is 0 Å². The molecule has 0 aromatic heterocycles. The number of piperazine rings is 1. The van der Waals surface area contributed by atoms with E-state index in [1.165, 1.54) is 13.8 Å². The van der Waals surface area contributed by atoms with Crippen LogP contribution >= 0.6 is 0 Å². The van der Waals surface area contributed by atoms with E-state index >= 15 is 0 Å². The lowest BCUT2D eigenvalue weighted by molar-refractivity contribution is -0.147. The molecular weight excluding hydrogens is 324 g/mol. The molecule has 3 atom stereocenters. The molecule has 3 heterocycles. The second-order valence-electron chi connectivity index (χ2n) is 7.27. The van der Waals surface area contributed by atoms with Gasteiger partial charge in [-0.1, -0.05) is 0 Å². The Hall–Kier alpha value is -1.67. The van der Waals surface area contributed by atoms with Crippen molar-refractivity contribution in [3.05, 3.63) is 0 Å². The lowest BCUT2D eigenvalue weighted by Crippen LogP contribution is -2.65. The third-order valence-electron chi connectivity index (χ3n) is 5.42. The molecule has 25 heavy (non-hydrogen) atoms. The Morgan fingerprint density at radius 3 is 2.48 bits per heavy atom. The van der Waals surface area contributed by atoms with Gasteiger partial charge in [0.2, 0.25) is 17.7 Å². The molecule has 3 aliphatic rings. The first-order valence-corrected chi connectivity index (χ1v) is 9.11. The van der Waals surface area contributed by atoms with E-state index in [1.54, 1.807) is 0 Å². The number of nitrogens with zero attached hydrogens (tertiary/aromatic N) is 2. The highest BCUT2D eigenvalue weighted by molar-refractivity contribution is 5.85. The average Bonchev–Trinajstić information content (AvgIpc) is 2.96. The van der Waals surface area contributed by atoms with E-state index in [0.29, 0.717) is 32.3 Å². The van der Waals surface area contributed by atoms with Crippen LogP contribution in [0.3, 0.4) is 0 Å². The highest BCUT2D eigenvalue weighted by atomic mass is 16.5. The minimum absolute atomic E-state index is 0.0162. The molecule has 0 aromatic carbocycles. The highest BCUT2D eigenvalue weighted by Crippen LogP contribution is 2.29. The molecule has 3 saturated heterocycles. The molecule has 3 rings (SSSR count). The molecule has 0 saturated carbocycles. The van der Waals surface area contributed by atoms with Crippen molar-refractivity contribution < 1.29 is 19.1 Å². The van der Waals surface area contributed by atoms with Crippen LogP contribution in [0.25, 0.3) is 0 Å². The monoisotopic (exact) mass is 352 g/mol. The Bertz CT molecular complexity index is 535. The van der Waals surface area contributed by atoms with Gasteiger partial charge >= 0.3 is 0 Å². The molecule has 0 radical (unpaired) electrons. The normalized spacial score (nSPS) is 30.9. The SMILES string of the molecule is CC(=O)NC[C@H]1C(=O)N2C[C@@H](NC(C)=O)C[C@H]2CN1C1CCOCC1. The third kappa shape index (κ3) is 4.12. The van der Waals surface area contributed by atoms with Crippen LogP contribution in [0.1, 0.15) is 33.1 Å². The zero-order valence-electron chi connectivity index (χ0n) is 15.0. The molecule has 3 fully saturated rings. The first-order chi connectivity index (χ1) is 12.0. The summed E-state index contributed by atoms with van der Waals surface area (Å²) in [5.41, 5.74) is 0. The minimum Gasteiger partial charge on any atom is -0.381 e.